The Morgan fingerprint density at radius 3 is 3.00 bits per heavy atom. The van der Waals surface area contributed by atoms with E-state index in [1.165, 1.54) is 43.0 Å². The maximum atomic E-state index is 5.62. The molecule has 1 saturated carbocycles. The normalized spacial score (nSPS) is 43.3. The third kappa shape index (κ3) is 3.10. The van der Waals surface area contributed by atoms with Crippen molar-refractivity contribution in [2.45, 2.75) is 63.5 Å². The second kappa shape index (κ2) is 5.28. The van der Waals surface area contributed by atoms with E-state index in [0.29, 0.717) is 0 Å². The first kappa shape index (κ1) is 13.7. The summed E-state index contributed by atoms with van der Waals surface area (Å²) in [6.07, 6.45) is 7.63. The third-order valence-corrected chi connectivity index (χ3v) is 5.88. The van der Waals surface area contributed by atoms with Crippen LogP contribution in [0.3, 0.4) is 0 Å². The molecule has 1 aliphatic carbocycles. The molecule has 0 aromatic carbocycles. The standard InChI is InChI=1S/C15H26N2OS/c1-12-5-3-7-15(9-12)11-19-13(17-15)16-14(2)6-4-8-18-10-14/h12H,3-11H2,1-2H3,(H,16,17). The van der Waals surface area contributed by atoms with Gasteiger partial charge in [0, 0.05) is 12.4 Å². The van der Waals surface area contributed by atoms with Crippen molar-refractivity contribution in [1.82, 2.24) is 5.32 Å². The van der Waals surface area contributed by atoms with Gasteiger partial charge in [-0.25, -0.2) is 0 Å². The summed E-state index contributed by atoms with van der Waals surface area (Å²) in [6.45, 7) is 6.38. The van der Waals surface area contributed by atoms with Gasteiger partial charge in [-0.2, -0.15) is 0 Å². The van der Waals surface area contributed by atoms with E-state index >= 15 is 0 Å². The average molecular weight is 282 g/mol. The predicted octanol–water partition coefficient (Wildman–Crippen LogP) is 3.20. The molecule has 0 aromatic rings. The monoisotopic (exact) mass is 282 g/mol. The van der Waals surface area contributed by atoms with E-state index in [2.05, 4.69) is 19.2 Å². The first-order valence-corrected chi connectivity index (χ1v) is 8.66. The summed E-state index contributed by atoms with van der Waals surface area (Å²) in [5, 5.41) is 4.84. The highest BCUT2D eigenvalue weighted by Crippen LogP contribution is 2.42. The van der Waals surface area contributed by atoms with Gasteiger partial charge in [0.05, 0.1) is 17.7 Å². The lowest BCUT2D eigenvalue weighted by Gasteiger charge is -2.35. The number of hydrogen-bond acceptors (Lipinski definition) is 4. The Bertz CT molecular complexity index is 365. The molecule has 0 aromatic heterocycles. The molecule has 3 unspecified atom stereocenters. The van der Waals surface area contributed by atoms with Gasteiger partial charge >= 0.3 is 0 Å². The van der Waals surface area contributed by atoms with Gasteiger partial charge in [-0.3, -0.25) is 4.99 Å². The molecule has 3 atom stereocenters. The average Bonchev–Trinajstić information content (AvgIpc) is 2.71. The van der Waals surface area contributed by atoms with Gasteiger partial charge in [0.2, 0.25) is 0 Å². The van der Waals surface area contributed by atoms with Gasteiger partial charge in [0.15, 0.2) is 5.17 Å². The highest BCUT2D eigenvalue weighted by molar-refractivity contribution is 8.14. The molecule has 3 rings (SSSR count). The summed E-state index contributed by atoms with van der Waals surface area (Å²) in [4.78, 5) is 5.08. The number of hydrogen-bond donors (Lipinski definition) is 1. The Kier molecular flexibility index (Phi) is 3.82. The van der Waals surface area contributed by atoms with E-state index in [1.54, 1.807) is 0 Å². The Labute approximate surface area is 121 Å². The van der Waals surface area contributed by atoms with Crippen molar-refractivity contribution in [2.24, 2.45) is 10.9 Å². The second-order valence-electron chi connectivity index (χ2n) is 6.97. The zero-order chi connectivity index (χ0) is 13.3. The largest absolute Gasteiger partial charge is 0.379 e. The number of nitrogens with zero attached hydrogens (tertiary/aromatic N) is 1. The smallest absolute Gasteiger partial charge is 0.157 e. The van der Waals surface area contributed by atoms with Crippen molar-refractivity contribution in [1.29, 1.82) is 0 Å². The first-order valence-electron chi connectivity index (χ1n) is 7.68. The Morgan fingerprint density at radius 1 is 1.37 bits per heavy atom. The summed E-state index contributed by atoms with van der Waals surface area (Å²) in [5.74, 6) is 2.02. The number of nitrogens with one attached hydrogen (secondary N) is 1. The van der Waals surface area contributed by atoms with Crippen LogP contribution < -0.4 is 5.32 Å². The molecule has 1 spiro atoms. The fraction of sp³-hybridized carbons (Fsp3) is 0.933. The molecule has 1 N–H and O–H groups in total. The fourth-order valence-electron chi connectivity index (χ4n) is 3.70. The summed E-state index contributed by atoms with van der Waals surface area (Å²) < 4.78 is 5.62. The zero-order valence-corrected chi connectivity index (χ0v) is 13.0. The fourth-order valence-corrected chi connectivity index (χ4v) is 5.01. The Hall–Kier alpha value is -0.220. The van der Waals surface area contributed by atoms with Gasteiger partial charge < -0.3 is 10.1 Å². The van der Waals surface area contributed by atoms with Crippen LogP contribution in [0.15, 0.2) is 4.99 Å². The van der Waals surface area contributed by atoms with Gasteiger partial charge in [-0.1, -0.05) is 31.5 Å². The predicted molar refractivity (Wildman–Crippen MR) is 81.8 cm³/mol. The third-order valence-electron chi connectivity index (χ3n) is 4.73. The first-order chi connectivity index (χ1) is 9.09. The lowest BCUT2D eigenvalue weighted by atomic mass is 9.78. The topological polar surface area (TPSA) is 33.6 Å². The van der Waals surface area contributed by atoms with Gasteiger partial charge in [0.25, 0.3) is 0 Å². The highest BCUT2D eigenvalue weighted by Gasteiger charge is 2.40. The van der Waals surface area contributed by atoms with E-state index < -0.39 is 0 Å². The maximum Gasteiger partial charge on any atom is 0.157 e. The van der Waals surface area contributed by atoms with Crippen LogP contribution >= 0.6 is 11.8 Å². The molecule has 19 heavy (non-hydrogen) atoms. The molecular weight excluding hydrogens is 256 g/mol. The molecule has 2 fully saturated rings. The summed E-state index contributed by atoms with van der Waals surface area (Å²) in [7, 11) is 0. The minimum Gasteiger partial charge on any atom is -0.379 e. The van der Waals surface area contributed by atoms with Crippen LogP contribution in [0.1, 0.15) is 52.4 Å². The molecule has 1 saturated heterocycles. The lowest BCUT2D eigenvalue weighted by molar-refractivity contribution is 0.0374. The minimum absolute atomic E-state index is 0.0932. The van der Waals surface area contributed by atoms with Crippen molar-refractivity contribution >= 4 is 16.9 Å². The molecule has 0 radical (unpaired) electrons. The molecule has 3 nitrogen and oxygen atoms in total. The lowest BCUT2D eigenvalue weighted by Crippen LogP contribution is -2.50. The molecule has 2 aliphatic heterocycles. The summed E-state index contributed by atoms with van der Waals surface area (Å²) in [5.41, 5.74) is 0.340. The van der Waals surface area contributed by atoms with E-state index in [-0.39, 0.29) is 11.1 Å². The van der Waals surface area contributed by atoms with Crippen LogP contribution in [0.2, 0.25) is 0 Å². The molecule has 108 valence electrons. The second-order valence-corrected chi connectivity index (χ2v) is 7.94. The molecule has 0 amide bonds. The molecule has 3 aliphatic rings. The highest BCUT2D eigenvalue weighted by atomic mass is 32.2. The molecular formula is C15H26N2OS. The molecule has 0 bridgehead atoms. The summed E-state index contributed by atoms with van der Waals surface area (Å²) in [6, 6.07) is 0. The minimum atomic E-state index is 0.0932. The van der Waals surface area contributed by atoms with Crippen molar-refractivity contribution < 1.29 is 4.74 Å². The quantitative estimate of drug-likeness (QED) is 0.802. The Morgan fingerprint density at radius 2 is 2.26 bits per heavy atom. The van der Waals surface area contributed by atoms with Gasteiger partial charge in [0.1, 0.15) is 0 Å². The van der Waals surface area contributed by atoms with Crippen molar-refractivity contribution in [3.05, 3.63) is 0 Å². The SMILES string of the molecule is CC1CCCC2(CSC(NC3(C)CCCOC3)=N2)C1. The number of thioether (sulfide) groups is 1. The van der Waals surface area contributed by atoms with Gasteiger partial charge in [-0.15, -0.1) is 0 Å². The van der Waals surface area contributed by atoms with Gasteiger partial charge in [-0.05, 0) is 38.5 Å². The number of ether oxygens (including phenoxy) is 1. The van der Waals surface area contributed by atoms with Crippen molar-refractivity contribution in [3.8, 4) is 0 Å². The van der Waals surface area contributed by atoms with Crippen LogP contribution in [-0.4, -0.2) is 35.2 Å². The van der Waals surface area contributed by atoms with Crippen LogP contribution in [-0.2, 0) is 4.74 Å². The molecule has 4 heteroatoms. The zero-order valence-electron chi connectivity index (χ0n) is 12.2. The van der Waals surface area contributed by atoms with Crippen molar-refractivity contribution in [3.63, 3.8) is 0 Å². The van der Waals surface area contributed by atoms with Crippen LogP contribution in [0, 0.1) is 5.92 Å². The van der Waals surface area contributed by atoms with Crippen LogP contribution in [0.4, 0.5) is 0 Å². The number of aliphatic imine (C=N–C) groups is 1. The Balaban J connectivity index is 1.65. The van der Waals surface area contributed by atoms with E-state index in [4.69, 9.17) is 9.73 Å². The van der Waals surface area contributed by atoms with Crippen molar-refractivity contribution in [2.75, 3.05) is 19.0 Å². The van der Waals surface area contributed by atoms with Crippen LogP contribution in [0.25, 0.3) is 0 Å². The number of rotatable bonds is 1. The summed E-state index contributed by atoms with van der Waals surface area (Å²) >= 11 is 1.93. The maximum absolute atomic E-state index is 5.62. The number of amidine groups is 1. The van der Waals surface area contributed by atoms with E-state index in [0.717, 1.165) is 25.6 Å². The van der Waals surface area contributed by atoms with E-state index in [9.17, 15) is 0 Å². The van der Waals surface area contributed by atoms with E-state index in [1.807, 2.05) is 11.8 Å². The van der Waals surface area contributed by atoms with Crippen LogP contribution in [0.5, 0.6) is 0 Å². The molecule has 2 heterocycles.